The summed E-state index contributed by atoms with van der Waals surface area (Å²) in [5.41, 5.74) is 1.89. The average molecular weight is 304 g/mol. The van der Waals surface area contributed by atoms with Crippen molar-refractivity contribution < 1.29 is 5.11 Å². The van der Waals surface area contributed by atoms with Crippen LogP contribution in [-0.4, -0.2) is 20.6 Å². The zero-order valence-electron chi connectivity index (χ0n) is 13.0. The number of aromatic nitrogens is 2. The number of hydrogen-bond donors (Lipinski definition) is 1. The van der Waals surface area contributed by atoms with Gasteiger partial charge in [-0.2, -0.15) is 5.10 Å². The number of benzene rings is 1. The molecule has 0 bridgehead atoms. The zero-order valence-corrected chi connectivity index (χ0v) is 13.8. The minimum atomic E-state index is -0.494. The third-order valence-corrected chi connectivity index (χ3v) is 4.58. The predicted octanol–water partition coefficient (Wildman–Crippen LogP) is 4.24. The maximum atomic E-state index is 10.3. The Labute approximate surface area is 131 Å². The molecule has 2 aromatic rings. The summed E-state index contributed by atoms with van der Waals surface area (Å²) < 4.78 is 1.98. The molecule has 21 heavy (non-hydrogen) atoms. The van der Waals surface area contributed by atoms with E-state index in [2.05, 4.69) is 38.0 Å². The summed E-state index contributed by atoms with van der Waals surface area (Å²) in [6.07, 6.45) is 3.12. The first kappa shape index (κ1) is 16.1. The van der Waals surface area contributed by atoms with Gasteiger partial charge in [-0.1, -0.05) is 26.0 Å². The third kappa shape index (κ3) is 4.35. The second-order valence-corrected chi connectivity index (χ2v) is 6.60. The standard InChI is InChI=1S/C17H24N2OS/c1-4-13(3)19-11-10-15(18-19)12-17(20)14-6-8-16(9-7-14)21-5-2/h6-11,13,17,20H,4-5,12H2,1-3H3. The molecule has 1 heterocycles. The Morgan fingerprint density at radius 1 is 1.19 bits per heavy atom. The second kappa shape index (κ2) is 7.66. The van der Waals surface area contributed by atoms with Gasteiger partial charge in [0.1, 0.15) is 0 Å². The maximum absolute atomic E-state index is 10.3. The van der Waals surface area contributed by atoms with E-state index in [1.165, 1.54) is 4.90 Å². The minimum Gasteiger partial charge on any atom is -0.388 e. The molecule has 1 aromatic carbocycles. The van der Waals surface area contributed by atoms with Gasteiger partial charge in [0.15, 0.2) is 0 Å². The number of aliphatic hydroxyl groups excluding tert-OH is 1. The lowest BCUT2D eigenvalue weighted by molar-refractivity contribution is 0.176. The Hall–Kier alpha value is -1.26. The van der Waals surface area contributed by atoms with Gasteiger partial charge in [-0.25, -0.2) is 0 Å². The molecule has 0 aliphatic carbocycles. The van der Waals surface area contributed by atoms with Gasteiger partial charge in [0, 0.05) is 23.6 Å². The molecule has 0 radical (unpaired) electrons. The average Bonchev–Trinajstić information content (AvgIpc) is 2.96. The fourth-order valence-corrected chi connectivity index (χ4v) is 2.85. The molecular formula is C17H24N2OS. The molecule has 0 aliphatic rings. The molecular weight excluding hydrogens is 280 g/mol. The van der Waals surface area contributed by atoms with Crippen LogP contribution in [0.15, 0.2) is 41.4 Å². The van der Waals surface area contributed by atoms with E-state index in [0.717, 1.165) is 23.4 Å². The van der Waals surface area contributed by atoms with Crippen LogP contribution in [-0.2, 0) is 6.42 Å². The van der Waals surface area contributed by atoms with Crippen molar-refractivity contribution in [3.05, 3.63) is 47.8 Å². The molecule has 0 spiro atoms. The summed E-state index contributed by atoms with van der Waals surface area (Å²) in [6.45, 7) is 6.44. The van der Waals surface area contributed by atoms with Gasteiger partial charge >= 0.3 is 0 Å². The molecule has 4 heteroatoms. The Morgan fingerprint density at radius 2 is 1.90 bits per heavy atom. The predicted molar refractivity (Wildman–Crippen MR) is 88.7 cm³/mol. The van der Waals surface area contributed by atoms with Crippen molar-refractivity contribution in [1.82, 2.24) is 9.78 Å². The van der Waals surface area contributed by atoms with Crippen LogP contribution in [0.25, 0.3) is 0 Å². The Morgan fingerprint density at radius 3 is 2.52 bits per heavy atom. The third-order valence-electron chi connectivity index (χ3n) is 3.68. The first-order valence-electron chi connectivity index (χ1n) is 7.58. The molecule has 0 aliphatic heterocycles. The van der Waals surface area contributed by atoms with Crippen molar-refractivity contribution in [1.29, 1.82) is 0 Å². The van der Waals surface area contributed by atoms with Gasteiger partial charge in [0.2, 0.25) is 0 Å². The van der Waals surface area contributed by atoms with E-state index in [0.29, 0.717) is 12.5 Å². The minimum absolute atomic E-state index is 0.404. The van der Waals surface area contributed by atoms with Gasteiger partial charge in [-0.05, 0) is 42.9 Å². The summed E-state index contributed by atoms with van der Waals surface area (Å²) in [7, 11) is 0. The Kier molecular flexibility index (Phi) is 5.88. The highest BCUT2D eigenvalue weighted by atomic mass is 32.2. The van der Waals surface area contributed by atoms with E-state index in [-0.39, 0.29) is 0 Å². The fraction of sp³-hybridized carbons (Fsp3) is 0.471. The van der Waals surface area contributed by atoms with E-state index in [4.69, 9.17) is 0 Å². The van der Waals surface area contributed by atoms with Gasteiger partial charge < -0.3 is 5.11 Å². The van der Waals surface area contributed by atoms with Gasteiger partial charge in [0.05, 0.1) is 11.8 Å². The number of aliphatic hydroxyl groups is 1. The van der Waals surface area contributed by atoms with E-state index in [1.807, 2.05) is 40.8 Å². The molecule has 2 unspecified atom stereocenters. The molecule has 0 amide bonds. The monoisotopic (exact) mass is 304 g/mol. The maximum Gasteiger partial charge on any atom is 0.0846 e. The van der Waals surface area contributed by atoms with E-state index >= 15 is 0 Å². The molecule has 0 saturated carbocycles. The summed E-state index contributed by atoms with van der Waals surface area (Å²) >= 11 is 1.81. The Bertz CT molecular complexity index is 550. The lowest BCUT2D eigenvalue weighted by atomic mass is 10.1. The zero-order chi connectivity index (χ0) is 15.2. The van der Waals surface area contributed by atoms with Crippen LogP contribution in [0.1, 0.15) is 50.6 Å². The van der Waals surface area contributed by atoms with Crippen LogP contribution in [0.5, 0.6) is 0 Å². The molecule has 2 atom stereocenters. The molecule has 3 nitrogen and oxygen atoms in total. The van der Waals surface area contributed by atoms with Crippen molar-refractivity contribution in [3.63, 3.8) is 0 Å². The first-order chi connectivity index (χ1) is 10.1. The van der Waals surface area contributed by atoms with Gasteiger partial charge in [-0.3, -0.25) is 4.68 Å². The van der Waals surface area contributed by atoms with Crippen molar-refractivity contribution >= 4 is 11.8 Å². The molecule has 2 rings (SSSR count). The van der Waals surface area contributed by atoms with Crippen molar-refractivity contribution in [2.24, 2.45) is 0 Å². The van der Waals surface area contributed by atoms with Crippen LogP contribution in [0.2, 0.25) is 0 Å². The van der Waals surface area contributed by atoms with E-state index in [1.54, 1.807) is 0 Å². The highest BCUT2D eigenvalue weighted by Gasteiger charge is 2.12. The van der Waals surface area contributed by atoms with Crippen LogP contribution in [0.3, 0.4) is 0 Å². The number of nitrogens with zero attached hydrogens (tertiary/aromatic N) is 2. The van der Waals surface area contributed by atoms with E-state index in [9.17, 15) is 5.11 Å². The van der Waals surface area contributed by atoms with Gasteiger partial charge in [0.25, 0.3) is 0 Å². The highest BCUT2D eigenvalue weighted by Crippen LogP contribution is 2.23. The quantitative estimate of drug-likeness (QED) is 0.777. The number of rotatable bonds is 7. The lowest BCUT2D eigenvalue weighted by Crippen LogP contribution is -2.07. The summed E-state index contributed by atoms with van der Waals surface area (Å²) in [5.74, 6) is 1.06. The largest absolute Gasteiger partial charge is 0.388 e. The van der Waals surface area contributed by atoms with Crippen LogP contribution in [0, 0.1) is 0 Å². The molecule has 1 N–H and O–H groups in total. The number of hydrogen-bond acceptors (Lipinski definition) is 3. The van der Waals surface area contributed by atoms with Gasteiger partial charge in [-0.15, -0.1) is 11.8 Å². The van der Waals surface area contributed by atoms with Crippen molar-refractivity contribution in [2.45, 2.75) is 50.7 Å². The van der Waals surface area contributed by atoms with Crippen LogP contribution < -0.4 is 0 Å². The molecule has 0 fully saturated rings. The first-order valence-corrected chi connectivity index (χ1v) is 8.57. The summed E-state index contributed by atoms with van der Waals surface area (Å²) in [6, 6.07) is 10.6. The highest BCUT2D eigenvalue weighted by molar-refractivity contribution is 7.99. The number of thioether (sulfide) groups is 1. The molecule has 114 valence electrons. The Balaban J connectivity index is 2.00. The summed E-state index contributed by atoms with van der Waals surface area (Å²) in [4.78, 5) is 1.24. The van der Waals surface area contributed by atoms with Crippen molar-refractivity contribution in [3.8, 4) is 0 Å². The smallest absolute Gasteiger partial charge is 0.0846 e. The van der Waals surface area contributed by atoms with Crippen LogP contribution >= 0.6 is 11.8 Å². The topological polar surface area (TPSA) is 38.0 Å². The SMILES string of the molecule is CCSc1ccc(C(O)Cc2ccn(C(C)CC)n2)cc1. The van der Waals surface area contributed by atoms with Crippen LogP contribution in [0.4, 0.5) is 0 Å². The molecule has 0 saturated heterocycles. The lowest BCUT2D eigenvalue weighted by Gasteiger charge is -2.11. The summed E-state index contributed by atoms with van der Waals surface area (Å²) in [5, 5.41) is 14.9. The molecule has 1 aromatic heterocycles. The normalized spacial score (nSPS) is 14.1. The van der Waals surface area contributed by atoms with E-state index < -0.39 is 6.10 Å². The fourth-order valence-electron chi connectivity index (χ4n) is 2.19. The van der Waals surface area contributed by atoms with Crippen molar-refractivity contribution in [2.75, 3.05) is 5.75 Å². The second-order valence-electron chi connectivity index (χ2n) is 5.27.